The second-order valence-corrected chi connectivity index (χ2v) is 3.36. The van der Waals surface area contributed by atoms with Crippen LogP contribution >= 0.6 is 0 Å². The summed E-state index contributed by atoms with van der Waals surface area (Å²) in [6.07, 6.45) is 2.01. The molecule has 0 spiro atoms. The van der Waals surface area contributed by atoms with Crippen molar-refractivity contribution in [3.05, 3.63) is 29.8 Å². The Morgan fingerprint density at radius 1 is 1.56 bits per heavy atom. The lowest BCUT2D eigenvalue weighted by Gasteiger charge is -2.11. The minimum atomic E-state index is -1.01. The Balaban J connectivity index is 2.62. The number of amides is 1. The van der Waals surface area contributed by atoms with Crippen LogP contribution in [0.15, 0.2) is 18.5 Å². The zero-order valence-electron chi connectivity index (χ0n) is 8.61. The lowest BCUT2D eigenvalue weighted by atomic mass is 10.2. The summed E-state index contributed by atoms with van der Waals surface area (Å²) < 4.78 is 12.7. The molecule has 1 heterocycles. The molecule has 16 heavy (non-hydrogen) atoms. The number of carboxylic acid groups (broad SMARTS) is 1. The number of rotatable bonds is 4. The smallest absolute Gasteiger partial charge is 0.305 e. The van der Waals surface area contributed by atoms with Crippen LogP contribution in [0, 0.1) is 5.82 Å². The molecule has 2 N–H and O–H groups in total. The summed E-state index contributed by atoms with van der Waals surface area (Å²) in [4.78, 5) is 25.4. The van der Waals surface area contributed by atoms with Crippen molar-refractivity contribution in [2.75, 3.05) is 0 Å². The molecule has 0 bridgehead atoms. The third-order valence-corrected chi connectivity index (χ3v) is 1.83. The van der Waals surface area contributed by atoms with Crippen LogP contribution in [0.5, 0.6) is 0 Å². The van der Waals surface area contributed by atoms with Crippen molar-refractivity contribution in [1.29, 1.82) is 0 Å². The molecule has 0 aliphatic rings. The van der Waals surface area contributed by atoms with E-state index in [0.717, 1.165) is 12.3 Å². The van der Waals surface area contributed by atoms with Crippen LogP contribution in [0.4, 0.5) is 4.39 Å². The Morgan fingerprint density at radius 2 is 2.25 bits per heavy atom. The maximum Gasteiger partial charge on any atom is 0.305 e. The van der Waals surface area contributed by atoms with Gasteiger partial charge in [-0.15, -0.1) is 0 Å². The molecular formula is C10H11FN2O3. The van der Waals surface area contributed by atoms with Crippen molar-refractivity contribution in [2.45, 2.75) is 19.4 Å². The van der Waals surface area contributed by atoms with E-state index in [1.54, 1.807) is 6.92 Å². The number of nitrogens with one attached hydrogen (secondary N) is 1. The van der Waals surface area contributed by atoms with E-state index in [9.17, 15) is 14.0 Å². The second kappa shape index (κ2) is 5.20. The summed E-state index contributed by atoms with van der Waals surface area (Å²) in [5, 5.41) is 10.9. The largest absolute Gasteiger partial charge is 0.481 e. The molecule has 0 fully saturated rings. The van der Waals surface area contributed by atoms with Crippen LogP contribution in [-0.4, -0.2) is 28.0 Å². The van der Waals surface area contributed by atoms with Crippen molar-refractivity contribution < 1.29 is 19.1 Å². The topological polar surface area (TPSA) is 79.3 Å². The van der Waals surface area contributed by atoms with E-state index in [0.29, 0.717) is 0 Å². The highest BCUT2D eigenvalue weighted by Gasteiger charge is 2.13. The van der Waals surface area contributed by atoms with E-state index in [1.807, 2.05) is 0 Å². The van der Waals surface area contributed by atoms with Gasteiger partial charge < -0.3 is 10.4 Å². The molecule has 1 atom stereocenters. The Labute approximate surface area is 91.3 Å². The maximum absolute atomic E-state index is 12.7. The van der Waals surface area contributed by atoms with Gasteiger partial charge in [-0.3, -0.25) is 14.6 Å². The number of aromatic nitrogens is 1. The zero-order valence-corrected chi connectivity index (χ0v) is 8.61. The van der Waals surface area contributed by atoms with E-state index in [-0.39, 0.29) is 12.0 Å². The molecule has 5 nitrogen and oxygen atoms in total. The Hall–Kier alpha value is -1.98. The Bertz CT molecular complexity index is 409. The summed E-state index contributed by atoms with van der Waals surface area (Å²) in [6, 6.07) is 0.517. The SMILES string of the molecule is CC(CC(=O)O)NC(=O)c1cncc(F)c1. The predicted octanol–water partition coefficient (Wildman–Crippen LogP) is 0.814. The Morgan fingerprint density at radius 3 is 2.81 bits per heavy atom. The number of pyridine rings is 1. The van der Waals surface area contributed by atoms with E-state index in [1.165, 1.54) is 6.20 Å². The van der Waals surface area contributed by atoms with Gasteiger partial charge in [0.2, 0.25) is 0 Å². The molecule has 0 aliphatic heterocycles. The number of carboxylic acids is 1. The first-order chi connectivity index (χ1) is 7.49. The van der Waals surface area contributed by atoms with Crippen LogP contribution in [0.3, 0.4) is 0 Å². The van der Waals surface area contributed by atoms with Crippen LogP contribution in [0.25, 0.3) is 0 Å². The number of nitrogens with zero attached hydrogens (tertiary/aromatic N) is 1. The molecule has 0 radical (unpaired) electrons. The number of carbonyl (C=O) groups is 2. The molecule has 1 unspecified atom stereocenters. The second-order valence-electron chi connectivity index (χ2n) is 3.36. The van der Waals surface area contributed by atoms with Gasteiger partial charge in [0.1, 0.15) is 5.82 Å². The van der Waals surface area contributed by atoms with Gasteiger partial charge in [0.15, 0.2) is 0 Å². The average molecular weight is 226 g/mol. The summed E-state index contributed by atoms with van der Waals surface area (Å²) in [6.45, 7) is 1.55. The molecule has 0 aromatic carbocycles. The summed E-state index contributed by atoms with van der Waals surface area (Å²) in [7, 11) is 0. The first kappa shape index (κ1) is 12.1. The molecule has 1 aromatic rings. The van der Waals surface area contributed by atoms with E-state index in [4.69, 9.17) is 5.11 Å². The zero-order chi connectivity index (χ0) is 12.1. The summed E-state index contributed by atoms with van der Waals surface area (Å²) in [5.74, 6) is -2.16. The summed E-state index contributed by atoms with van der Waals surface area (Å²) in [5.41, 5.74) is 0.0669. The number of aliphatic carboxylic acids is 1. The molecular weight excluding hydrogens is 215 g/mol. The van der Waals surface area contributed by atoms with Crippen molar-refractivity contribution in [1.82, 2.24) is 10.3 Å². The van der Waals surface area contributed by atoms with Gasteiger partial charge in [0.05, 0.1) is 18.2 Å². The Kier molecular flexibility index (Phi) is 3.93. The first-order valence-electron chi connectivity index (χ1n) is 4.62. The van der Waals surface area contributed by atoms with Gasteiger partial charge in [0, 0.05) is 12.2 Å². The molecule has 86 valence electrons. The minimum Gasteiger partial charge on any atom is -0.481 e. The normalized spacial score (nSPS) is 11.9. The standard InChI is InChI=1S/C10H11FN2O3/c1-6(2-9(14)15)13-10(16)7-3-8(11)5-12-4-7/h3-6H,2H2,1H3,(H,13,16)(H,14,15). The fraction of sp³-hybridized carbons (Fsp3) is 0.300. The highest BCUT2D eigenvalue weighted by Crippen LogP contribution is 2.01. The number of halogens is 1. The molecule has 1 aromatic heterocycles. The van der Waals surface area contributed by atoms with Crippen LogP contribution in [0.1, 0.15) is 23.7 Å². The van der Waals surface area contributed by atoms with E-state index < -0.39 is 23.7 Å². The molecule has 1 rings (SSSR count). The van der Waals surface area contributed by atoms with Crippen molar-refractivity contribution in [3.63, 3.8) is 0 Å². The molecule has 0 aliphatic carbocycles. The van der Waals surface area contributed by atoms with Gasteiger partial charge >= 0.3 is 5.97 Å². The highest BCUT2D eigenvalue weighted by molar-refractivity contribution is 5.94. The van der Waals surface area contributed by atoms with Gasteiger partial charge in [-0.25, -0.2) is 4.39 Å². The number of carbonyl (C=O) groups excluding carboxylic acids is 1. The summed E-state index contributed by atoms with van der Waals surface area (Å²) >= 11 is 0. The van der Waals surface area contributed by atoms with Crippen LogP contribution in [0.2, 0.25) is 0 Å². The van der Waals surface area contributed by atoms with Crippen molar-refractivity contribution >= 4 is 11.9 Å². The number of hydrogen-bond acceptors (Lipinski definition) is 3. The fourth-order valence-corrected chi connectivity index (χ4v) is 1.16. The monoisotopic (exact) mass is 226 g/mol. The van der Waals surface area contributed by atoms with E-state index >= 15 is 0 Å². The first-order valence-corrected chi connectivity index (χ1v) is 4.62. The molecule has 0 saturated carbocycles. The minimum absolute atomic E-state index is 0.0669. The predicted molar refractivity (Wildman–Crippen MR) is 53.4 cm³/mol. The average Bonchev–Trinajstić information content (AvgIpc) is 2.16. The van der Waals surface area contributed by atoms with E-state index in [2.05, 4.69) is 10.3 Å². The third kappa shape index (κ3) is 3.64. The third-order valence-electron chi connectivity index (χ3n) is 1.83. The highest BCUT2D eigenvalue weighted by atomic mass is 19.1. The van der Waals surface area contributed by atoms with Crippen molar-refractivity contribution in [2.24, 2.45) is 0 Å². The van der Waals surface area contributed by atoms with Crippen molar-refractivity contribution in [3.8, 4) is 0 Å². The maximum atomic E-state index is 12.7. The van der Waals surface area contributed by atoms with Crippen LogP contribution in [-0.2, 0) is 4.79 Å². The lowest BCUT2D eigenvalue weighted by molar-refractivity contribution is -0.137. The van der Waals surface area contributed by atoms with Crippen LogP contribution < -0.4 is 5.32 Å². The van der Waals surface area contributed by atoms with Gasteiger partial charge in [-0.05, 0) is 13.0 Å². The molecule has 1 amide bonds. The quantitative estimate of drug-likeness (QED) is 0.796. The lowest BCUT2D eigenvalue weighted by Crippen LogP contribution is -2.34. The number of hydrogen-bond donors (Lipinski definition) is 2. The molecule has 0 saturated heterocycles. The molecule has 6 heteroatoms. The van der Waals surface area contributed by atoms with Gasteiger partial charge in [-0.1, -0.05) is 0 Å². The van der Waals surface area contributed by atoms with Gasteiger partial charge in [0.25, 0.3) is 5.91 Å². The fourth-order valence-electron chi connectivity index (χ4n) is 1.16. The van der Waals surface area contributed by atoms with Gasteiger partial charge in [-0.2, -0.15) is 0 Å².